The number of ether oxygens (including phenoxy) is 1. The zero-order valence-electron chi connectivity index (χ0n) is 14.1. The third kappa shape index (κ3) is 27.6. The fraction of sp³-hybridized carbons (Fsp3) is 0.714. The van der Waals surface area contributed by atoms with Crippen LogP contribution in [0, 0.1) is 0 Å². The molecule has 0 fully saturated rings. The van der Waals surface area contributed by atoms with Crippen LogP contribution in [-0.2, 0) is 44.8 Å². The van der Waals surface area contributed by atoms with Crippen molar-refractivity contribution in [2.24, 2.45) is 0 Å². The van der Waals surface area contributed by atoms with Crippen LogP contribution in [0.2, 0.25) is 0 Å². The van der Waals surface area contributed by atoms with Crippen LogP contribution in [0.3, 0.4) is 0 Å². The van der Waals surface area contributed by atoms with Crippen LogP contribution < -0.4 is 30.8 Å². The SMILES string of the molecule is C1=COCCC1.N.N.N.N.N.O=S(=O)([O-])C(F)(F)F.O=S(=O)([O-])C(F)(F)F.[Os+2]. The maximum atomic E-state index is 10.7. The van der Waals surface area contributed by atoms with E-state index >= 15 is 0 Å². The van der Waals surface area contributed by atoms with Crippen LogP contribution in [-0.4, -0.2) is 43.6 Å². The number of hydrogen-bond donors (Lipinski definition) is 5. The molecule has 1 aliphatic rings. The molecule has 28 heavy (non-hydrogen) atoms. The Morgan fingerprint density at radius 3 is 1.04 bits per heavy atom. The largest absolute Gasteiger partial charge is 2.00 e. The minimum absolute atomic E-state index is 0. The molecule has 180 valence electrons. The van der Waals surface area contributed by atoms with E-state index in [-0.39, 0.29) is 50.5 Å². The van der Waals surface area contributed by atoms with Crippen LogP contribution in [0.25, 0.3) is 0 Å². The molecular formula is C7H23F6N5O7OsS2. The van der Waals surface area contributed by atoms with Crippen molar-refractivity contribution in [2.45, 2.75) is 23.9 Å². The fourth-order valence-electron chi connectivity index (χ4n) is 0.489. The second-order valence-corrected chi connectivity index (χ2v) is 5.93. The molecule has 0 aromatic rings. The first-order valence-electron chi connectivity index (χ1n) is 4.81. The Bertz CT molecular complexity index is 520. The van der Waals surface area contributed by atoms with Gasteiger partial charge in [-0.15, -0.1) is 0 Å². The third-order valence-corrected chi connectivity index (χ3v) is 2.53. The van der Waals surface area contributed by atoms with Gasteiger partial charge in [-0.1, -0.05) is 0 Å². The van der Waals surface area contributed by atoms with Crippen LogP contribution in [0.5, 0.6) is 0 Å². The van der Waals surface area contributed by atoms with Gasteiger partial charge in [-0.2, -0.15) is 26.3 Å². The van der Waals surface area contributed by atoms with Gasteiger partial charge in [-0.25, -0.2) is 16.8 Å². The quantitative estimate of drug-likeness (QED) is 0.142. The van der Waals surface area contributed by atoms with Crippen molar-refractivity contribution in [3.05, 3.63) is 12.3 Å². The Labute approximate surface area is 170 Å². The predicted octanol–water partition coefficient (Wildman–Crippen LogP) is 2.22. The molecule has 1 aliphatic heterocycles. The summed E-state index contributed by atoms with van der Waals surface area (Å²) in [5.41, 5.74) is -11.3. The standard InChI is InChI=1S/C5H8O.2CHF3O3S.5H3N.Os/c1-2-4-6-5-3-1;2*2-1(3,4)8(5,6)7;;;;;;/h2,4H,1,3,5H2;2*(H,5,6,7);5*1H3;/q;;;;;;;;+2/p-2. The van der Waals surface area contributed by atoms with E-state index < -0.39 is 31.3 Å². The van der Waals surface area contributed by atoms with Crippen molar-refractivity contribution in [1.29, 1.82) is 0 Å². The molecule has 0 bridgehead atoms. The van der Waals surface area contributed by atoms with Crippen LogP contribution in [0.15, 0.2) is 12.3 Å². The third-order valence-electron chi connectivity index (χ3n) is 1.39. The smallest absolute Gasteiger partial charge is 0.741 e. The molecule has 0 radical (unpaired) electrons. The summed E-state index contributed by atoms with van der Waals surface area (Å²) in [6, 6.07) is 0. The van der Waals surface area contributed by atoms with E-state index in [2.05, 4.69) is 0 Å². The Hall–Kier alpha value is -0.624. The average molecular weight is 658 g/mol. The van der Waals surface area contributed by atoms with Gasteiger partial charge in [0.05, 0.1) is 12.9 Å². The number of halogens is 6. The Kier molecular flexibility index (Phi) is 35.7. The Morgan fingerprint density at radius 2 is 1.00 bits per heavy atom. The fourth-order valence-corrected chi connectivity index (χ4v) is 0.489. The van der Waals surface area contributed by atoms with Crippen molar-refractivity contribution in [2.75, 3.05) is 6.61 Å². The number of hydrogen-bond acceptors (Lipinski definition) is 12. The molecule has 0 aromatic carbocycles. The van der Waals surface area contributed by atoms with E-state index in [1.165, 1.54) is 12.8 Å². The van der Waals surface area contributed by atoms with Gasteiger partial charge in [0.15, 0.2) is 20.2 Å². The molecule has 0 aromatic heterocycles. The van der Waals surface area contributed by atoms with E-state index in [1.807, 2.05) is 6.08 Å². The summed E-state index contributed by atoms with van der Waals surface area (Å²) in [4.78, 5) is 0. The maximum Gasteiger partial charge on any atom is 2.00 e. The number of allylic oxidation sites excluding steroid dienone is 1. The molecule has 15 N–H and O–H groups in total. The summed E-state index contributed by atoms with van der Waals surface area (Å²) >= 11 is 0. The molecule has 12 nitrogen and oxygen atoms in total. The Morgan fingerprint density at radius 1 is 0.750 bits per heavy atom. The molecule has 1 heterocycles. The van der Waals surface area contributed by atoms with Crippen molar-refractivity contribution in [3.63, 3.8) is 0 Å². The number of alkyl halides is 6. The molecule has 0 aliphatic carbocycles. The monoisotopic (exact) mass is 659 g/mol. The zero-order chi connectivity index (χ0) is 18.2. The van der Waals surface area contributed by atoms with Crippen molar-refractivity contribution in [1.82, 2.24) is 30.8 Å². The maximum absolute atomic E-state index is 10.7. The molecule has 0 spiro atoms. The van der Waals surface area contributed by atoms with Crippen molar-refractivity contribution >= 4 is 20.2 Å². The van der Waals surface area contributed by atoms with Gasteiger partial charge < -0.3 is 44.6 Å². The van der Waals surface area contributed by atoms with Gasteiger partial charge in [0.25, 0.3) is 0 Å². The van der Waals surface area contributed by atoms with Crippen molar-refractivity contribution < 1.29 is 76.8 Å². The first-order chi connectivity index (χ1) is 9.50. The molecule has 21 heteroatoms. The zero-order valence-corrected chi connectivity index (χ0v) is 18.3. The summed E-state index contributed by atoms with van der Waals surface area (Å²) in [6.45, 7) is 0.913. The van der Waals surface area contributed by atoms with Gasteiger partial charge in [0.2, 0.25) is 0 Å². The summed E-state index contributed by atoms with van der Waals surface area (Å²) in [6.07, 6.45) is 6.20. The topological polar surface area (TPSA) is 299 Å². The average Bonchev–Trinajstić information content (AvgIpc) is 2.27. The molecular weight excluding hydrogens is 634 g/mol. The normalized spacial score (nSPS) is 12.3. The van der Waals surface area contributed by atoms with Crippen LogP contribution in [0.1, 0.15) is 12.8 Å². The van der Waals surface area contributed by atoms with Crippen LogP contribution in [0.4, 0.5) is 26.3 Å². The van der Waals surface area contributed by atoms with Gasteiger partial charge >= 0.3 is 30.8 Å². The minimum Gasteiger partial charge on any atom is -0.741 e. The molecule has 0 saturated heterocycles. The van der Waals surface area contributed by atoms with E-state index in [4.69, 9.17) is 30.7 Å². The second-order valence-electron chi connectivity index (χ2n) is 3.18. The van der Waals surface area contributed by atoms with Gasteiger partial charge in [-0.3, -0.25) is 0 Å². The summed E-state index contributed by atoms with van der Waals surface area (Å²) in [5.74, 6) is 0. The molecule has 0 amide bonds. The predicted molar refractivity (Wildman–Crippen MR) is 80.9 cm³/mol. The van der Waals surface area contributed by atoms with Crippen LogP contribution >= 0.6 is 0 Å². The van der Waals surface area contributed by atoms with Gasteiger partial charge in [0.1, 0.15) is 0 Å². The van der Waals surface area contributed by atoms with E-state index in [0.717, 1.165) is 6.61 Å². The first-order valence-corrected chi connectivity index (χ1v) is 7.62. The summed E-state index contributed by atoms with van der Waals surface area (Å²) in [7, 11) is -12.2. The van der Waals surface area contributed by atoms with E-state index in [1.54, 1.807) is 6.26 Å². The molecule has 0 atom stereocenters. The summed E-state index contributed by atoms with van der Waals surface area (Å²) in [5, 5.41) is 0. The van der Waals surface area contributed by atoms with Crippen molar-refractivity contribution in [3.8, 4) is 0 Å². The molecule has 0 unspecified atom stereocenters. The molecule has 0 saturated carbocycles. The number of rotatable bonds is 0. The second kappa shape index (κ2) is 19.7. The van der Waals surface area contributed by atoms with E-state index in [0.29, 0.717) is 0 Å². The van der Waals surface area contributed by atoms with Gasteiger partial charge in [-0.05, 0) is 18.9 Å². The minimum atomic E-state index is -6.09. The first kappa shape index (κ1) is 50.7. The molecule has 1 rings (SSSR count). The van der Waals surface area contributed by atoms with Gasteiger partial charge in [0, 0.05) is 0 Å². The van der Waals surface area contributed by atoms with E-state index in [9.17, 15) is 26.3 Å². The summed E-state index contributed by atoms with van der Waals surface area (Å²) < 4.78 is 123. The Balaban J connectivity index is -0.0000000324.